The second kappa shape index (κ2) is 5.06. The normalized spacial score (nSPS) is 11.8. The van der Waals surface area contributed by atoms with Crippen molar-refractivity contribution in [2.45, 2.75) is 11.8 Å². The third kappa shape index (κ3) is 2.64. The maximum absolute atomic E-state index is 13.2. The molecule has 0 saturated carbocycles. The zero-order chi connectivity index (χ0) is 15.9. The molecule has 22 heavy (non-hydrogen) atoms. The van der Waals surface area contributed by atoms with Gasteiger partial charge in [-0.2, -0.15) is 0 Å². The summed E-state index contributed by atoms with van der Waals surface area (Å²) in [5, 5.41) is 0. The lowest BCUT2D eigenvalue weighted by Gasteiger charge is -2.08. The number of oxazole rings is 1. The Kier molecular flexibility index (Phi) is 3.32. The summed E-state index contributed by atoms with van der Waals surface area (Å²) >= 11 is 0. The number of aromatic nitrogens is 1. The van der Waals surface area contributed by atoms with E-state index in [1.165, 1.54) is 12.1 Å². The first-order valence-electron chi connectivity index (χ1n) is 6.20. The van der Waals surface area contributed by atoms with Gasteiger partial charge in [-0.3, -0.25) is 4.72 Å². The first-order chi connectivity index (χ1) is 10.3. The zero-order valence-corrected chi connectivity index (χ0v) is 12.1. The van der Waals surface area contributed by atoms with Crippen molar-refractivity contribution in [1.29, 1.82) is 0 Å². The molecule has 0 atom stereocenters. The van der Waals surface area contributed by atoms with Crippen molar-refractivity contribution >= 4 is 26.8 Å². The first kappa shape index (κ1) is 14.5. The maximum Gasteiger partial charge on any atom is 0.262 e. The van der Waals surface area contributed by atoms with Gasteiger partial charge in [0.25, 0.3) is 10.0 Å². The molecule has 1 N–H and O–H groups in total. The van der Waals surface area contributed by atoms with E-state index in [1.54, 1.807) is 13.0 Å². The van der Waals surface area contributed by atoms with Gasteiger partial charge in [-0.05, 0) is 36.4 Å². The minimum absolute atomic E-state index is 0.241. The van der Waals surface area contributed by atoms with Crippen LogP contribution in [0.1, 0.15) is 5.89 Å². The van der Waals surface area contributed by atoms with Crippen molar-refractivity contribution in [2.75, 3.05) is 4.72 Å². The highest BCUT2D eigenvalue weighted by Crippen LogP contribution is 2.22. The largest absolute Gasteiger partial charge is 0.441 e. The van der Waals surface area contributed by atoms with Crippen LogP contribution in [-0.4, -0.2) is 13.4 Å². The second-order valence-electron chi connectivity index (χ2n) is 4.60. The smallest absolute Gasteiger partial charge is 0.262 e. The van der Waals surface area contributed by atoms with Gasteiger partial charge in [0.15, 0.2) is 23.1 Å². The molecule has 0 saturated heterocycles. The molecule has 5 nitrogen and oxygen atoms in total. The van der Waals surface area contributed by atoms with E-state index < -0.39 is 21.7 Å². The third-order valence-corrected chi connectivity index (χ3v) is 4.33. The molecule has 1 aromatic heterocycles. The third-order valence-electron chi connectivity index (χ3n) is 2.95. The van der Waals surface area contributed by atoms with E-state index in [0.717, 1.165) is 12.1 Å². The highest BCUT2D eigenvalue weighted by molar-refractivity contribution is 7.92. The molecule has 1 heterocycles. The SMILES string of the molecule is Cc1nc2cc(NS(=O)(=O)c3ccc(F)c(F)c3)ccc2o1. The zero-order valence-electron chi connectivity index (χ0n) is 11.3. The summed E-state index contributed by atoms with van der Waals surface area (Å²) in [5.41, 5.74) is 1.25. The molecular formula is C14H10F2N2O3S. The predicted octanol–water partition coefficient (Wildman–Crippen LogP) is 3.22. The number of benzene rings is 2. The van der Waals surface area contributed by atoms with Gasteiger partial charge in [-0.15, -0.1) is 0 Å². The Balaban J connectivity index is 1.96. The van der Waals surface area contributed by atoms with Crippen molar-refractivity contribution in [3.8, 4) is 0 Å². The number of halogens is 2. The van der Waals surface area contributed by atoms with Crippen LogP contribution in [0.3, 0.4) is 0 Å². The molecule has 0 spiro atoms. The number of hydrogen-bond acceptors (Lipinski definition) is 4. The monoisotopic (exact) mass is 324 g/mol. The molecule has 8 heteroatoms. The lowest BCUT2D eigenvalue weighted by Crippen LogP contribution is -2.13. The highest BCUT2D eigenvalue weighted by Gasteiger charge is 2.17. The predicted molar refractivity (Wildman–Crippen MR) is 75.9 cm³/mol. The van der Waals surface area contributed by atoms with Gasteiger partial charge in [0.05, 0.1) is 10.6 Å². The van der Waals surface area contributed by atoms with Gasteiger partial charge in [-0.1, -0.05) is 0 Å². The topological polar surface area (TPSA) is 72.2 Å². The fourth-order valence-corrected chi connectivity index (χ4v) is 3.03. The van der Waals surface area contributed by atoms with Crippen LogP contribution in [0.15, 0.2) is 45.7 Å². The Hall–Kier alpha value is -2.48. The van der Waals surface area contributed by atoms with Gasteiger partial charge in [-0.25, -0.2) is 22.2 Å². The van der Waals surface area contributed by atoms with Crippen molar-refractivity contribution in [3.63, 3.8) is 0 Å². The van der Waals surface area contributed by atoms with Crippen LogP contribution < -0.4 is 4.72 Å². The van der Waals surface area contributed by atoms with E-state index in [9.17, 15) is 17.2 Å². The van der Waals surface area contributed by atoms with E-state index in [1.807, 2.05) is 0 Å². The number of anilines is 1. The van der Waals surface area contributed by atoms with E-state index in [-0.39, 0.29) is 10.6 Å². The lowest BCUT2D eigenvalue weighted by molar-refractivity contribution is 0.504. The Morgan fingerprint density at radius 3 is 2.59 bits per heavy atom. The Morgan fingerprint density at radius 1 is 1.09 bits per heavy atom. The molecule has 114 valence electrons. The van der Waals surface area contributed by atoms with Crippen molar-refractivity contribution in [2.24, 2.45) is 0 Å². The number of hydrogen-bond donors (Lipinski definition) is 1. The Bertz CT molecular complexity index is 967. The molecular weight excluding hydrogens is 314 g/mol. The standard InChI is InChI=1S/C14H10F2N2O3S/c1-8-17-13-6-9(2-5-14(13)21-8)18-22(19,20)10-3-4-11(15)12(16)7-10/h2-7,18H,1H3. The number of fused-ring (bicyclic) bond motifs is 1. The van der Waals surface area contributed by atoms with Crippen LogP contribution in [0.5, 0.6) is 0 Å². The summed E-state index contributed by atoms with van der Waals surface area (Å²) < 4.78 is 57.9. The lowest BCUT2D eigenvalue weighted by atomic mass is 10.3. The van der Waals surface area contributed by atoms with Crippen LogP contribution in [-0.2, 0) is 10.0 Å². The Morgan fingerprint density at radius 2 is 1.86 bits per heavy atom. The molecule has 0 unspecified atom stereocenters. The minimum atomic E-state index is -4.03. The summed E-state index contributed by atoms with van der Waals surface area (Å²) in [4.78, 5) is 3.72. The molecule has 0 aliphatic rings. The molecule has 0 bridgehead atoms. The highest BCUT2D eigenvalue weighted by atomic mass is 32.2. The summed E-state index contributed by atoms with van der Waals surface area (Å²) in [5.74, 6) is -1.89. The first-order valence-corrected chi connectivity index (χ1v) is 7.68. The average molecular weight is 324 g/mol. The summed E-state index contributed by atoms with van der Waals surface area (Å²) in [6, 6.07) is 6.91. The molecule has 2 aromatic carbocycles. The average Bonchev–Trinajstić information content (AvgIpc) is 2.80. The summed E-state index contributed by atoms with van der Waals surface area (Å²) in [6.07, 6.45) is 0. The molecule has 3 rings (SSSR count). The number of sulfonamides is 1. The van der Waals surface area contributed by atoms with Crippen LogP contribution in [0, 0.1) is 18.6 Å². The second-order valence-corrected chi connectivity index (χ2v) is 6.28. The molecule has 0 aliphatic carbocycles. The van der Waals surface area contributed by atoms with E-state index in [4.69, 9.17) is 4.42 Å². The van der Waals surface area contributed by atoms with Crippen LogP contribution in [0.2, 0.25) is 0 Å². The number of rotatable bonds is 3. The number of nitrogens with zero attached hydrogens (tertiary/aromatic N) is 1. The van der Waals surface area contributed by atoms with Gasteiger partial charge >= 0.3 is 0 Å². The van der Waals surface area contributed by atoms with Crippen molar-refractivity contribution < 1.29 is 21.6 Å². The van der Waals surface area contributed by atoms with Crippen molar-refractivity contribution in [3.05, 3.63) is 53.9 Å². The van der Waals surface area contributed by atoms with Gasteiger partial charge in [0, 0.05) is 6.92 Å². The van der Waals surface area contributed by atoms with Crippen LogP contribution >= 0.6 is 0 Å². The van der Waals surface area contributed by atoms with E-state index >= 15 is 0 Å². The molecule has 0 radical (unpaired) electrons. The fraction of sp³-hybridized carbons (Fsp3) is 0.0714. The fourth-order valence-electron chi connectivity index (χ4n) is 1.96. The Labute approximate surface area is 124 Å². The van der Waals surface area contributed by atoms with Gasteiger partial charge < -0.3 is 4.42 Å². The number of aryl methyl sites for hydroxylation is 1. The van der Waals surface area contributed by atoms with Crippen LogP contribution in [0.4, 0.5) is 14.5 Å². The maximum atomic E-state index is 13.2. The van der Waals surface area contributed by atoms with Crippen LogP contribution in [0.25, 0.3) is 11.1 Å². The summed E-state index contributed by atoms with van der Waals surface area (Å²) in [7, 11) is -4.03. The quantitative estimate of drug-likeness (QED) is 0.803. The minimum Gasteiger partial charge on any atom is -0.441 e. The summed E-state index contributed by atoms with van der Waals surface area (Å²) in [6.45, 7) is 1.67. The molecule has 0 amide bonds. The molecule has 0 aliphatic heterocycles. The molecule has 0 fully saturated rings. The van der Waals surface area contributed by atoms with Gasteiger partial charge in [0.2, 0.25) is 0 Å². The molecule has 3 aromatic rings. The van der Waals surface area contributed by atoms with Gasteiger partial charge in [0.1, 0.15) is 5.52 Å². The van der Waals surface area contributed by atoms with E-state index in [2.05, 4.69) is 9.71 Å². The van der Waals surface area contributed by atoms with E-state index in [0.29, 0.717) is 23.1 Å². The number of nitrogens with one attached hydrogen (secondary N) is 1. The van der Waals surface area contributed by atoms with Crippen molar-refractivity contribution in [1.82, 2.24) is 4.98 Å².